The molecule has 70 valence electrons. The highest BCUT2D eigenvalue weighted by Crippen LogP contribution is 2.22. The van der Waals surface area contributed by atoms with Gasteiger partial charge in [0.25, 0.3) is 0 Å². The Hall–Kier alpha value is -0.290. The number of ether oxygens (including phenoxy) is 1. The molecule has 0 heterocycles. The van der Waals surface area contributed by atoms with Gasteiger partial charge in [-0.15, -0.1) is 0 Å². The summed E-state index contributed by atoms with van der Waals surface area (Å²) in [6.45, 7) is 2.13. The molecular formula is C9H8ClIO2. The van der Waals surface area contributed by atoms with Gasteiger partial charge in [-0.3, -0.25) is 0 Å². The molecule has 0 bridgehead atoms. The lowest BCUT2D eigenvalue weighted by Crippen LogP contribution is -2.07. The molecule has 0 unspecified atom stereocenters. The molecule has 2 nitrogen and oxygen atoms in total. The van der Waals surface area contributed by atoms with E-state index < -0.39 is 0 Å². The number of hydrogen-bond acceptors (Lipinski definition) is 2. The van der Waals surface area contributed by atoms with Crippen LogP contribution in [-0.4, -0.2) is 12.6 Å². The maximum absolute atomic E-state index is 11.4. The third-order valence-electron chi connectivity index (χ3n) is 1.44. The fourth-order valence-electron chi connectivity index (χ4n) is 0.896. The summed E-state index contributed by atoms with van der Waals surface area (Å²) in [5.74, 6) is -0.363. The van der Waals surface area contributed by atoms with Crippen molar-refractivity contribution >= 4 is 40.2 Å². The lowest BCUT2D eigenvalue weighted by atomic mass is 10.2. The summed E-state index contributed by atoms with van der Waals surface area (Å²) in [5.41, 5.74) is 0.451. The van der Waals surface area contributed by atoms with Crippen molar-refractivity contribution in [3.63, 3.8) is 0 Å². The zero-order valence-electron chi connectivity index (χ0n) is 7.01. The van der Waals surface area contributed by atoms with Crippen molar-refractivity contribution in [3.05, 3.63) is 32.4 Å². The molecule has 0 saturated carbocycles. The van der Waals surface area contributed by atoms with Crippen molar-refractivity contribution < 1.29 is 9.53 Å². The van der Waals surface area contributed by atoms with E-state index in [-0.39, 0.29) is 5.97 Å². The average Bonchev–Trinajstić information content (AvgIpc) is 2.04. The maximum atomic E-state index is 11.4. The molecule has 0 aliphatic carbocycles. The third-order valence-corrected chi connectivity index (χ3v) is 2.66. The molecule has 0 radical (unpaired) electrons. The number of benzene rings is 1. The first kappa shape index (κ1) is 10.8. The Morgan fingerprint density at radius 1 is 1.62 bits per heavy atom. The molecule has 0 amide bonds. The van der Waals surface area contributed by atoms with Crippen LogP contribution in [0.5, 0.6) is 0 Å². The zero-order chi connectivity index (χ0) is 9.84. The van der Waals surface area contributed by atoms with E-state index in [0.717, 1.165) is 3.57 Å². The molecule has 4 heteroatoms. The summed E-state index contributed by atoms with van der Waals surface area (Å²) >= 11 is 7.91. The van der Waals surface area contributed by atoms with E-state index in [1.54, 1.807) is 19.1 Å². The highest BCUT2D eigenvalue weighted by atomic mass is 127. The second-order valence-electron chi connectivity index (χ2n) is 2.32. The Morgan fingerprint density at radius 2 is 2.31 bits per heavy atom. The van der Waals surface area contributed by atoms with E-state index in [0.29, 0.717) is 17.2 Å². The summed E-state index contributed by atoms with van der Waals surface area (Å²) in [7, 11) is 0. The molecule has 0 aliphatic heterocycles. The second-order valence-corrected chi connectivity index (χ2v) is 3.89. The largest absolute Gasteiger partial charge is 0.462 e. The Kier molecular flexibility index (Phi) is 3.99. The maximum Gasteiger partial charge on any atom is 0.340 e. The molecule has 1 rings (SSSR count). The molecule has 1 aromatic rings. The van der Waals surface area contributed by atoms with Crippen LogP contribution in [0.4, 0.5) is 0 Å². The van der Waals surface area contributed by atoms with Crippen molar-refractivity contribution in [1.82, 2.24) is 0 Å². The number of carbonyl (C=O) groups excluding carboxylic acids is 1. The van der Waals surface area contributed by atoms with Gasteiger partial charge in [-0.05, 0) is 41.6 Å². The van der Waals surface area contributed by atoms with Crippen molar-refractivity contribution in [2.24, 2.45) is 0 Å². The number of hydrogen-bond donors (Lipinski definition) is 0. The fraction of sp³-hybridized carbons (Fsp3) is 0.222. The van der Waals surface area contributed by atoms with Crippen molar-refractivity contribution in [1.29, 1.82) is 0 Å². The molecule has 1 aromatic carbocycles. The number of rotatable bonds is 2. The van der Waals surface area contributed by atoms with Crippen LogP contribution < -0.4 is 0 Å². The van der Waals surface area contributed by atoms with Gasteiger partial charge in [-0.25, -0.2) is 4.79 Å². The predicted octanol–water partition coefficient (Wildman–Crippen LogP) is 3.12. The molecule has 0 N–H and O–H groups in total. The minimum atomic E-state index is -0.363. The Balaban J connectivity index is 3.05. The van der Waals surface area contributed by atoms with Crippen LogP contribution in [0.25, 0.3) is 0 Å². The van der Waals surface area contributed by atoms with E-state index in [1.165, 1.54) is 0 Å². The van der Waals surface area contributed by atoms with Crippen LogP contribution in [-0.2, 0) is 4.74 Å². The summed E-state index contributed by atoms with van der Waals surface area (Å²) in [4.78, 5) is 11.4. The van der Waals surface area contributed by atoms with Crippen molar-refractivity contribution in [2.45, 2.75) is 6.92 Å². The van der Waals surface area contributed by atoms with E-state index in [4.69, 9.17) is 16.3 Å². The van der Waals surface area contributed by atoms with Gasteiger partial charge < -0.3 is 4.74 Å². The quantitative estimate of drug-likeness (QED) is 0.620. The molecule has 0 atom stereocenters. The predicted molar refractivity (Wildman–Crippen MR) is 60.1 cm³/mol. The Labute approximate surface area is 95.4 Å². The summed E-state index contributed by atoms with van der Waals surface area (Å²) in [5, 5.41) is 0.436. The summed E-state index contributed by atoms with van der Waals surface area (Å²) < 4.78 is 5.67. The molecule has 13 heavy (non-hydrogen) atoms. The van der Waals surface area contributed by atoms with Gasteiger partial charge in [0.05, 0.1) is 17.2 Å². The average molecular weight is 311 g/mol. The van der Waals surface area contributed by atoms with Gasteiger partial charge in [0, 0.05) is 3.57 Å². The standard InChI is InChI=1S/C9H8ClIO2/c1-2-13-9(12)8-6(10)4-3-5-7(8)11/h3-5H,2H2,1H3. The fourth-order valence-corrected chi connectivity index (χ4v) is 2.03. The monoisotopic (exact) mass is 310 g/mol. The van der Waals surface area contributed by atoms with E-state index in [9.17, 15) is 4.79 Å². The highest BCUT2D eigenvalue weighted by molar-refractivity contribution is 14.1. The van der Waals surface area contributed by atoms with Crippen molar-refractivity contribution in [3.8, 4) is 0 Å². The minimum absolute atomic E-state index is 0.361. The van der Waals surface area contributed by atoms with E-state index in [1.807, 2.05) is 6.07 Å². The summed E-state index contributed by atoms with van der Waals surface area (Å²) in [6, 6.07) is 5.29. The van der Waals surface area contributed by atoms with Gasteiger partial charge in [-0.1, -0.05) is 17.7 Å². The van der Waals surface area contributed by atoms with E-state index in [2.05, 4.69) is 22.6 Å². The minimum Gasteiger partial charge on any atom is -0.462 e. The first-order valence-corrected chi connectivity index (χ1v) is 5.23. The van der Waals surface area contributed by atoms with Gasteiger partial charge in [-0.2, -0.15) is 0 Å². The van der Waals surface area contributed by atoms with Crippen LogP contribution in [0, 0.1) is 3.57 Å². The van der Waals surface area contributed by atoms with Gasteiger partial charge in [0.2, 0.25) is 0 Å². The van der Waals surface area contributed by atoms with Crippen LogP contribution in [0.3, 0.4) is 0 Å². The number of esters is 1. The number of carbonyl (C=O) groups is 1. The third kappa shape index (κ3) is 2.57. The first-order chi connectivity index (χ1) is 6.16. The van der Waals surface area contributed by atoms with Gasteiger partial charge in [0.1, 0.15) is 0 Å². The molecule has 0 spiro atoms. The van der Waals surface area contributed by atoms with Crippen LogP contribution in [0.2, 0.25) is 5.02 Å². The smallest absolute Gasteiger partial charge is 0.340 e. The normalized spacial score (nSPS) is 9.77. The van der Waals surface area contributed by atoms with Crippen LogP contribution >= 0.6 is 34.2 Å². The topological polar surface area (TPSA) is 26.3 Å². The Bertz CT molecular complexity index is 305. The SMILES string of the molecule is CCOC(=O)c1c(Cl)cccc1I. The van der Waals surface area contributed by atoms with Gasteiger partial charge >= 0.3 is 5.97 Å². The Morgan fingerprint density at radius 3 is 2.85 bits per heavy atom. The molecular weight excluding hydrogens is 302 g/mol. The lowest BCUT2D eigenvalue weighted by Gasteiger charge is -2.05. The second kappa shape index (κ2) is 4.81. The molecule has 0 aromatic heterocycles. The van der Waals surface area contributed by atoms with Crippen LogP contribution in [0.15, 0.2) is 18.2 Å². The lowest BCUT2D eigenvalue weighted by molar-refractivity contribution is 0.0525. The van der Waals surface area contributed by atoms with Crippen molar-refractivity contribution in [2.75, 3.05) is 6.61 Å². The molecule has 0 fully saturated rings. The molecule has 0 saturated heterocycles. The number of halogens is 2. The first-order valence-electron chi connectivity index (χ1n) is 3.78. The zero-order valence-corrected chi connectivity index (χ0v) is 9.93. The van der Waals surface area contributed by atoms with Crippen LogP contribution in [0.1, 0.15) is 17.3 Å². The highest BCUT2D eigenvalue weighted by Gasteiger charge is 2.14. The summed E-state index contributed by atoms with van der Waals surface area (Å²) in [6.07, 6.45) is 0. The van der Waals surface area contributed by atoms with E-state index >= 15 is 0 Å². The van der Waals surface area contributed by atoms with Gasteiger partial charge in [0.15, 0.2) is 0 Å². The molecule has 0 aliphatic rings.